The molecule has 0 unspecified atom stereocenters. The van der Waals surface area contributed by atoms with Crippen LogP contribution in [0.5, 0.6) is 0 Å². The van der Waals surface area contributed by atoms with Gasteiger partial charge in [0.15, 0.2) is 5.11 Å². The quantitative estimate of drug-likeness (QED) is 0.827. The van der Waals surface area contributed by atoms with E-state index < -0.39 is 0 Å². The summed E-state index contributed by atoms with van der Waals surface area (Å²) >= 11 is 5.44. The van der Waals surface area contributed by atoms with Crippen LogP contribution in [-0.4, -0.2) is 15.6 Å². The molecular weight excluding hydrogens is 254 g/mol. The van der Waals surface area contributed by atoms with Gasteiger partial charge in [-0.3, -0.25) is 0 Å². The Morgan fingerprint density at radius 3 is 2.58 bits per heavy atom. The average molecular weight is 277 g/mol. The number of aryl methyl sites for hydroxylation is 1. The Kier molecular flexibility index (Phi) is 4.40. The van der Waals surface area contributed by atoms with Crippen LogP contribution in [0.25, 0.3) is 0 Å². The molecule has 0 amide bonds. The first kappa shape index (κ1) is 14.3. The minimum atomic E-state index is 0.161. The molecule has 0 bridgehead atoms. The normalized spacial score (nSPS) is 17.5. The van der Waals surface area contributed by atoms with Crippen molar-refractivity contribution in [3.63, 3.8) is 0 Å². The van der Waals surface area contributed by atoms with Gasteiger partial charge in [0, 0.05) is 11.2 Å². The third kappa shape index (κ3) is 3.44. The van der Waals surface area contributed by atoms with Crippen LogP contribution in [0.1, 0.15) is 45.2 Å². The first-order valence-electron chi connectivity index (χ1n) is 7.05. The van der Waals surface area contributed by atoms with Crippen LogP contribution >= 0.6 is 12.2 Å². The SMILES string of the molecule is Cc1cccc(NC(=S)NC2(C(C)C)CCCC2)n1. The van der Waals surface area contributed by atoms with Gasteiger partial charge in [0.25, 0.3) is 0 Å². The molecule has 19 heavy (non-hydrogen) atoms. The zero-order chi connectivity index (χ0) is 13.9. The van der Waals surface area contributed by atoms with Gasteiger partial charge in [-0.15, -0.1) is 0 Å². The number of aromatic nitrogens is 1. The Bertz CT molecular complexity index is 450. The Labute approximate surface area is 121 Å². The summed E-state index contributed by atoms with van der Waals surface area (Å²) < 4.78 is 0. The molecule has 3 nitrogen and oxygen atoms in total. The van der Waals surface area contributed by atoms with Gasteiger partial charge >= 0.3 is 0 Å². The highest BCUT2D eigenvalue weighted by atomic mass is 32.1. The van der Waals surface area contributed by atoms with Crippen LogP contribution in [0.4, 0.5) is 5.82 Å². The average Bonchev–Trinajstić information content (AvgIpc) is 2.78. The van der Waals surface area contributed by atoms with E-state index in [1.807, 2.05) is 25.1 Å². The van der Waals surface area contributed by atoms with Crippen molar-refractivity contribution in [2.75, 3.05) is 5.32 Å². The third-order valence-corrected chi connectivity index (χ3v) is 4.30. The molecule has 0 spiro atoms. The molecular formula is C15H23N3S. The highest BCUT2D eigenvalue weighted by molar-refractivity contribution is 7.80. The molecule has 1 saturated carbocycles. The van der Waals surface area contributed by atoms with Crippen LogP contribution in [0.15, 0.2) is 18.2 Å². The minimum Gasteiger partial charge on any atom is -0.357 e. The first-order valence-corrected chi connectivity index (χ1v) is 7.45. The van der Waals surface area contributed by atoms with E-state index in [2.05, 4.69) is 29.5 Å². The van der Waals surface area contributed by atoms with Crippen LogP contribution in [0, 0.1) is 12.8 Å². The van der Waals surface area contributed by atoms with Gasteiger partial charge in [-0.1, -0.05) is 32.8 Å². The largest absolute Gasteiger partial charge is 0.357 e. The smallest absolute Gasteiger partial charge is 0.172 e. The summed E-state index contributed by atoms with van der Waals surface area (Å²) in [6.45, 7) is 6.52. The van der Waals surface area contributed by atoms with Crippen molar-refractivity contribution >= 4 is 23.1 Å². The lowest BCUT2D eigenvalue weighted by Crippen LogP contribution is -2.51. The Balaban J connectivity index is 2.00. The van der Waals surface area contributed by atoms with E-state index >= 15 is 0 Å². The van der Waals surface area contributed by atoms with Gasteiger partial charge in [-0.25, -0.2) is 4.98 Å². The minimum absolute atomic E-state index is 0.161. The fourth-order valence-corrected chi connectivity index (χ4v) is 3.15. The molecule has 1 fully saturated rings. The molecule has 0 saturated heterocycles. The van der Waals surface area contributed by atoms with Gasteiger partial charge in [-0.2, -0.15) is 0 Å². The maximum Gasteiger partial charge on any atom is 0.172 e. The van der Waals surface area contributed by atoms with Gasteiger partial charge in [0.2, 0.25) is 0 Å². The zero-order valence-electron chi connectivity index (χ0n) is 12.0. The molecule has 0 atom stereocenters. The molecule has 2 rings (SSSR count). The van der Waals surface area contributed by atoms with Crippen molar-refractivity contribution in [2.24, 2.45) is 5.92 Å². The lowest BCUT2D eigenvalue weighted by Gasteiger charge is -2.35. The lowest BCUT2D eigenvalue weighted by atomic mass is 9.85. The van der Waals surface area contributed by atoms with Gasteiger partial charge in [0.05, 0.1) is 0 Å². The summed E-state index contributed by atoms with van der Waals surface area (Å²) in [5.41, 5.74) is 1.15. The molecule has 0 aromatic carbocycles. The topological polar surface area (TPSA) is 37.0 Å². The predicted molar refractivity (Wildman–Crippen MR) is 84.4 cm³/mol. The second-order valence-corrected chi connectivity index (χ2v) is 6.17. The summed E-state index contributed by atoms with van der Waals surface area (Å²) in [7, 11) is 0. The number of pyridine rings is 1. The molecule has 1 aromatic rings. The number of thiocarbonyl (C=S) groups is 1. The van der Waals surface area contributed by atoms with E-state index in [4.69, 9.17) is 12.2 Å². The highest BCUT2D eigenvalue weighted by Crippen LogP contribution is 2.35. The predicted octanol–water partition coefficient (Wildman–Crippen LogP) is 3.65. The van der Waals surface area contributed by atoms with E-state index in [1.165, 1.54) is 25.7 Å². The standard InChI is InChI=1S/C15H23N3S/c1-11(2)15(9-4-5-10-15)18-14(19)17-13-8-6-7-12(3)16-13/h6-8,11H,4-5,9-10H2,1-3H3,(H2,16,17,18,19). The zero-order valence-corrected chi connectivity index (χ0v) is 12.8. The van der Waals surface area contributed by atoms with Crippen LogP contribution < -0.4 is 10.6 Å². The molecule has 4 heteroatoms. The second-order valence-electron chi connectivity index (χ2n) is 5.76. The number of rotatable bonds is 3. The van der Waals surface area contributed by atoms with E-state index in [0.29, 0.717) is 11.0 Å². The molecule has 0 radical (unpaired) electrons. The first-order chi connectivity index (χ1) is 9.02. The Hall–Kier alpha value is -1.16. The van der Waals surface area contributed by atoms with Crippen LogP contribution in [0.2, 0.25) is 0 Å². The number of nitrogens with zero attached hydrogens (tertiary/aromatic N) is 1. The Morgan fingerprint density at radius 1 is 1.32 bits per heavy atom. The number of hydrogen-bond acceptors (Lipinski definition) is 2. The van der Waals surface area contributed by atoms with E-state index in [-0.39, 0.29) is 5.54 Å². The van der Waals surface area contributed by atoms with Gasteiger partial charge in [-0.05, 0) is 50.0 Å². The molecule has 1 aliphatic carbocycles. The molecule has 2 N–H and O–H groups in total. The number of nitrogens with one attached hydrogen (secondary N) is 2. The van der Waals surface area contributed by atoms with Crippen molar-refractivity contribution in [1.82, 2.24) is 10.3 Å². The van der Waals surface area contributed by atoms with Gasteiger partial charge < -0.3 is 10.6 Å². The van der Waals surface area contributed by atoms with Crippen molar-refractivity contribution in [1.29, 1.82) is 0 Å². The van der Waals surface area contributed by atoms with E-state index in [9.17, 15) is 0 Å². The summed E-state index contributed by atoms with van der Waals surface area (Å²) in [5.74, 6) is 1.40. The maximum atomic E-state index is 5.44. The van der Waals surface area contributed by atoms with Crippen molar-refractivity contribution < 1.29 is 0 Å². The number of anilines is 1. The van der Waals surface area contributed by atoms with Crippen molar-refractivity contribution in [3.05, 3.63) is 23.9 Å². The molecule has 104 valence electrons. The fourth-order valence-electron chi connectivity index (χ4n) is 2.84. The van der Waals surface area contributed by atoms with Gasteiger partial charge in [0.1, 0.15) is 5.82 Å². The summed E-state index contributed by atoms with van der Waals surface area (Å²) in [5, 5.41) is 7.43. The number of hydrogen-bond donors (Lipinski definition) is 2. The summed E-state index contributed by atoms with van der Waals surface area (Å²) in [6.07, 6.45) is 4.98. The molecule has 1 heterocycles. The molecule has 0 aliphatic heterocycles. The van der Waals surface area contributed by atoms with Crippen molar-refractivity contribution in [2.45, 2.75) is 52.0 Å². The fraction of sp³-hybridized carbons (Fsp3) is 0.600. The maximum absolute atomic E-state index is 5.44. The van der Waals surface area contributed by atoms with E-state index in [0.717, 1.165) is 11.5 Å². The molecule has 1 aromatic heterocycles. The monoisotopic (exact) mass is 277 g/mol. The Morgan fingerprint density at radius 2 is 2.00 bits per heavy atom. The molecule has 1 aliphatic rings. The highest BCUT2D eigenvalue weighted by Gasteiger charge is 2.37. The lowest BCUT2D eigenvalue weighted by molar-refractivity contribution is 0.283. The second kappa shape index (κ2) is 5.87. The third-order valence-electron chi connectivity index (χ3n) is 4.09. The van der Waals surface area contributed by atoms with Crippen LogP contribution in [-0.2, 0) is 0 Å². The van der Waals surface area contributed by atoms with Crippen molar-refractivity contribution in [3.8, 4) is 0 Å². The summed E-state index contributed by atoms with van der Waals surface area (Å²) in [4.78, 5) is 4.42. The van der Waals surface area contributed by atoms with Crippen LogP contribution in [0.3, 0.4) is 0 Å². The van der Waals surface area contributed by atoms with E-state index in [1.54, 1.807) is 0 Å². The summed E-state index contributed by atoms with van der Waals surface area (Å²) in [6, 6.07) is 5.91.